The smallest absolute Gasteiger partial charge is 0.0134 e. The third-order valence-corrected chi connectivity index (χ3v) is 3.28. The monoisotopic (exact) mass is 304 g/mol. The Bertz CT molecular complexity index is 603. The van der Waals surface area contributed by atoms with Crippen molar-refractivity contribution in [2.24, 2.45) is 0 Å². The van der Waals surface area contributed by atoms with Crippen LogP contribution in [0.1, 0.15) is 22.3 Å². The lowest BCUT2D eigenvalue weighted by molar-refractivity contribution is 0.643. The van der Waals surface area contributed by atoms with Gasteiger partial charge in [0.15, 0.2) is 0 Å². The van der Waals surface area contributed by atoms with E-state index in [4.69, 9.17) is 4.55 Å². The lowest BCUT2D eigenvalue weighted by Gasteiger charge is -2.13. The molecule has 0 saturated carbocycles. The van der Waals surface area contributed by atoms with Crippen molar-refractivity contribution in [3.8, 4) is 11.1 Å². The fourth-order valence-corrected chi connectivity index (χ4v) is 2.13. The van der Waals surface area contributed by atoms with Gasteiger partial charge >= 0.3 is 0 Å². The van der Waals surface area contributed by atoms with Gasteiger partial charge in [0.25, 0.3) is 0 Å². The molecule has 2 rings (SSSR count). The third kappa shape index (κ3) is 5.94. The molecule has 0 aliphatic rings. The van der Waals surface area contributed by atoms with Crippen LogP contribution in [-0.2, 0) is 0 Å². The Kier molecular flexibility index (Phi) is 6.06. The SMILES string of the molecule is CS(C)(C)O.Cc1cc(C)c(-c2ccccc2C)cc1C. The maximum atomic E-state index is 8.60. The number of benzene rings is 2. The van der Waals surface area contributed by atoms with Gasteiger partial charge in [0.1, 0.15) is 0 Å². The first-order valence-electron chi connectivity index (χ1n) is 7.14. The Morgan fingerprint density at radius 2 is 1.14 bits per heavy atom. The molecule has 0 amide bonds. The molecule has 0 unspecified atom stereocenters. The maximum Gasteiger partial charge on any atom is -0.0134 e. The molecular weight excluding hydrogens is 276 g/mol. The Balaban J connectivity index is 0.000000383. The van der Waals surface area contributed by atoms with Crippen molar-refractivity contribution < 1.29 is 4.55 Å². The molecule has 0 aromatic heterocycles. The molecule has 0 aliphatic carbocycles. The summed E-state index contributed by atoms with van der Waals surface area (Å²) in [6.07, 6.45) is 5.48. The van der Waals surface area contributed by atoms with Crippen LogP contribution in [0.5, 0.6) is 0 Å². The second kappa shape index (κ2) is 7.15. The van der Waals surface area contributed by atoms with Crippen LogP contribution in [0.3, 0.4) is 0 Å². The normalized spacial score (nSPS) is 11.6. The van der Waals surface area contributed by atoms with E-state index in [1.54, 1.807) is 0 Å². The summed E-state index contributed by atoms with van der Waals surface area (Å²) in [5, 5.41) is 0. The number of rotatable bonds is 1. The van der Waals surface area contributed by atoms with Crippen molar-refractivity contribution >= 4 is 10.3 Å². The zero-order chi connectivity index (χ0) is 16.2. The summed E-state index contributed by atoms with van der Waals surface area (Å²) in [6, 6.07) is 13.1. The maximum absolute atomic E-state index is 8.60. The fourth-order valence-electron chi connectivity index (χ4n) is 2.13. The Labute approximate surface area is 131 Å². The summed E-state index contributed by atoms with van der Waals surface area (Å²) < 4.78 is 8.60. The highest BCUT2D eigenvalue weighted by Crippen LogP contribution is 2.28. The standard InChI is InChI=1S/C16H18.C3H10OS/c1-11-7-5-6-8-15(11)16-10-13(3)12(2)9-14(16)4;1-5(2,3)4/h5-10H,1-4H3;4H,1-3H3. The highest BCUT2D eigenvalue weighted by Gasteiger charge is 2.06. The van der Waals surface area contributed by atoms with Gasteiger partial charge in [-0.3, -0.25) is 0 Å². The molecule has 0 saturated heterocycles. The Hall–Kier alpha value is -1.25. The van der Waals surface area contributed by atoms with E-state index >= 15 is 0 Å². The van der Waals surface area contributed by atoms with Crippen LogP contribution in [-0.4, -0.2) is 23.3 Å². The van der Waals surface area contributed by atoms with E-state index in [0.717, 1.165) is 0 Å². The fraction of sp³-hybridized carbons (Fsp3) is 0.368. The lowest BCUT2D eigenvalue weighted by atomic mass is 9.93. The molecule has 2 aromatic rings. The topological polar surface area (TPSA) is 20.2 Å². The van der Waals surface area contributed by atoms with Crippen molar-refractivity contribution in [1.29, 1.82) is 0 Å². The third-order valence-electron chi connectivity index (χ3n) is 3.28. The average molecular weight is 304 g/mol. The molecule has 2 aromatic carbocycles. The molecule has 116 valence electrons. The molecule has 0 heterocycles. The number of hydrogen-bond acceptors (Lipinski definition) is 1. The molecule has 1 nitrogen and oxygen atoms in total. The van der Waals surface area contributed by atoms with Crippen molar-refractivity contribution in [3.05, 3.63) is 58.7 Å². The first-order chi connectivity index (χ1) is 9.59. The van der Waals surface area contributed by atoms with Crippen molar-refractivity contribution in [1.82, 2.24) is 0 Å². The van der Waals surface area contributed by atoms with Gasteiger partial charge in [-0.25, -0.2) is 0 Å². The van der Waals surface area contributed by atoms with E-state index in [1.807, 2.05) is 18.8 Å². The first kappa shape index (κ1) is 17.8. The summed E-state index contributed by atoms with van der Waals surface area (Å²) in [5.74, 6) is 0. The van der Waals surface area contributed by atoms with E-state index in [9.17, 15) is 0 Å². The van der Waals surface area contributed by atoms with E-state index in [2.05, 4.69) is 64.1 Å². The molecule has 2 heteroatoms. The zero-order valence-electron chi connectivity index (χ0n) is 14.3. The van der Waals surface area contributed by atoms with Gasteiger partial charge < -0.3 is 4.55 Å². The second-order valence-corrected chi connectivity index (χ2v) is 9.88. The van der Waals surface area contributed by atoms with E-state index in [1.165, 1.54) is 33.4 Å². The quantitative estimate of drug-likeness (QED) is 0.712. The van der Waals surface area contributed by atoms with Gasteiger partial charge in [0.2, 0.25) is 0 Å². The van der Waals surface area contributed by atoms with Gasteiger partial charge in [-0.2, -0.15) is 0 Å². The summed E-state index contributed by atoms with van der Waals surface area (Å²) in [7, 11) is -1.17. The molecule has 0 atom stereocenters. The summed E-state index contributed by atoms with van der Waals surface area (Å²) in [5.41, 5.74) is 8.15. The van der Waals surface area contributed by atoms with E-state index in [-0.39, 0.29) is 0 Å². The van der Waals surface area contributed by atoms with Crippen LogP contribution in [0.15, 0.2) is 36.4 Å². The number of hydrogen-bond donors (Lipinski definition) is 1. The van der Waals surface area contributed by atoms with Crippen molar-refractivity contribution in [2.45, 2.75) is 27.7 Å². The molecule has 21 heavy (non-hydrogen) atoms. The van der Waals surface area contributed by atoms with Crippen molar-refractivity contribution in [3.63, 3.8) is 0 Å². The summed E-state index contributed by atoms with van der Waals surface area (Å²) >= 11 is 0. The van der Waals surface area contributed by atoms with Crippen LogP contribution < -0.4 is 0 Å². The van der Waals surface area contributed by atoms with E-state index < -0.39 is 10.3 Å². The molecule has 0 aliphatic heterocycles. The van der Waals surface area contributed by atoms with Crippen LogP contribution in [0.2, 0.25) is 0 Å². The van der Waals surface area contributed by atoms with Gasteiger partial charge in [0, 0.05) is 0 Å². The summed E-state index contributed by atoms with van der Waals surface area (Å²) in [4.78, 5) is 0. The van der Waals surface area contributed by atoms with Crippen LogP contribution in [0, 0.1) is 27.7 Å². The van der Waals surface area contributed by atoms with E-state index in [0.29, 0.717) is 0 Å². The molecular formula is C19H28OS. The predicted octanol–water partition coefficient (Wildman–Crippen LogP) is 5.74. The van der Waals surface area contributed by atoms with Crippen LogP contribution >= 0.6 is 10.3 Å². The molecule has 0 spiro atoms. The zero-order valence-corrected chi connectivity index (χ0v) is 15.1. The number of aryl methyl sites for hydroxylation is 4. The van der Waals surface area contributed by atoms with Crippen LogP contribution in [0.25, 0.3) is 11.1 Å². The lowest BCUT2D eigenvalue weighted by Crippen LogP contribution is -1.90. The minimum atomic E-state index is -1.17. The Morgan fingerprint density at radius 3 is 1.67 bits per heavy atom. The highest BCUT2D eigenvalue weighted by molar-refractivity contribution is 8.27. The summed E-state index contributed by atoms with van der Waals surface area (Å²) in [6.45, 7) is 8.71. The Morgan fingerprint density at radius 1 is 0.667 bits per heavy atom. The predicted molar refractivity (Wildman–Crippen MR) is 98.8 cm³/mol. The molecule has 0 bridgehead atoms. The second-order valence-electron chi connectivity index (χ2n) is 6.34. The van der Waals surface area contributed by atoms with Gasteiger partial charge in [-0.1, -0.05) is 36.4 Å². The first-order valence-corrected chi connectivity index (χ1v) is 9.95. The minimum absolute atomic E-state index is 1.17. The highest BCUT2D eigenvalue weighted by atomic mass is 32.3. The molecule has 1 N–H and O–H groups in total. The molecule has 0 fully saturated rings. The van der Waals surface area contributed by atoms with Crippen LogP contribution in [0.4, 0.5) is 0 Å². The molecule has 0 radical (unpaired) electrons. The minimum Gasteiger partial charge on any atom is -0.352 e. The van der Waals surface area contributed by atoms with Crippen molar-refractivity contribution in [2.75, 3.05) is 18.8 Å². The average Bonchev–Trinajstić information content (AvgIpc) is 2.33. The van der Waals surface area contributed by atoms with Gasteiger partial charge in [-0.05, 0) is 79.8 Å². The van der Waals surface area contributed by atoms with Gasteiger partial charge in [0.05, 0.1) is 0 Å². The largest absolute Gasteiger partial charge is 0.352 e. The van der Waals surface area contributed by atoms with Gasteiger partial charge in [-0.15, -0.1) is 10.3 Å².